The van der Waals surface area contributed by atoms with Crippen LogP contribution in [0.25, 0.3) is 0 Å². The average molecular weight is 365 g/mol. The number of thioether (sulfide) groups is 1. The monoisotopic (exact) mass is 364 g/mol. The molecule has 2 amide bonds. The molecule has 6 heteroatoms. The van der Waals surface area contributed by atoms with E-state index in [1.54, 1.807) is 23.9 Å². The molecule has 1 aliphatic heterocycles. The van der Waals surface area contributed by atoms with Crippen LogP contribution >= 0.6 is 11.8 Å². The van der Waals surface area contributed by atoms with E-state index in [0.717, 1.165) is 31.7 Å². The second-order valence-electron chi connectivity index (χ2n) is 6.53. The van der Waals surface area contributed by atoms with Gasteiger partial charge in [0.2, 0.25) is 5.91 Å². The molecule has 1 saturated heterocycles. The second-order valence-corrected chi connectivity index (χ2v) is 7.52. The van der Waals surface area contributed by atoms with Gasteiger partial charge in [0.25, 0.3) is 5.91 Å². The maximum Gasteiger partial charge on any atom is 0.258 e. The van der Waals surface area contributed by atoms with Crippen molar-refractivity contribution >= 4 is 23.6 Å². The molecule has 2 rings (SSSR count). The van der Waals surface area contributed by atoms with Crippen LogP contribution in [0.5, 0.6) is 5.75 Å². The Hall–Kier alpha value is -1.69. The number of rotatable bonds is 8. The molecule has 0 spiro atoms. The van der Waals surface area contributed by atoms with Crippen LogP contribution in [-0.4, -0.2) is 54.5 Å². The molecule has 1 aliphatic rings. The van der Waals surface area contributed by atoms with E-state index in [0.29, 0.717) is 18.1 Å². The molecule has 1 fully saturated rings. The number of amides is 2. The van der Waals surface area contributed by atoms with E-state index in [2.05, 4.69) is 12.2 Å². The van der Waals surface area contributed by atoms with Crippen LogP contribution in [0.3, 0.4) is 0 Å². The lowest BCUT2D eigenvalue weighted by atomic mass is 9.99. The number of piperidine rings is 1. The summed E-state index contributed by atoms with van der Waals surface area (Å²) in [7, 11) is 0. The fourth-order valence-corrected chi connectivity index (χ4v) is 3.48. The molecule has 1 aromatic rings. The number of carbonyl (C=O) groups excluding carboxylic acids is 2. The van der Waals surface area contributed by atoms with Crippen LogP contribution < -0.4 is 10.1 Å². The van der Waals surface area contributed by atoms with E-state index in [-0.39, 0.29) is 18.4 Å². The number of para-hydroxylation sites is 1. The van der Waals surface area contributed by atoms with Gasteiger partial charge in [0, 0.05) is 13.1 Å². The summed E-state index contributed by atoms with van der Waals surface area (Å²) >= 11 is 1.68. The lowest BCUT2D eigenvalue weighted by Crippen LogP contribution is -2.52. The van der Waals surface area contributed by atoms with Gasteiger partial charge in [-0.25, -0.2) is 0 Å². The molecule has 1 heterocycles. The molecule has 0 bridgehead atoms. The van der Waals surface area contributed by atoms with Crippen LogP contribution in [0, 0.1) is 5.92 Å². The number of likely N-dealkylation sites (tertiary alicyclic amines) is 1. The van der Waals surface area contributed by atoms with Gasteiger partial charge in [-0.05, 0) is 49.3 Å². The average Bonchev–Trinajstić information content (AvgIpc) is 2.63. The number of benzene rings is 1. The standard InChI is InChI=1S/C19H28N2O3S/c1-15-7-6-11-21(13-15)19(23)17(10-12-25-2)20-18(22)14-24-16-8-4-3-5-9-16/h3-5,8-9,15,17H,6-7,10-14H2,1-2H3,(H,20,22)/t15-,17+/m0/s1. The first-order chi connectivity index (χ1) is 12.1. The summed E-state index contributed by atoms with van der Waals surface area (Å²) in [5.41, 5.74) is 0. The Balaban J connectivity index is 1.89. The molecular formula is C19H28N2O3S. The highest BCUT2D eigenvalue weighted by Crippen LogP contribution is 2.17. The molecule has 0 aliphatic carbocycles. The predicted molar refractivity (Wildman–Crippen MR) is 102 cm³/mol. The lowest BCUT2D eigenvalue weighted by Gasteiger charge is -2.33. The molecule has 25 heavy (non-hydrogen) atoms. The van der Waals surface area contributed by atoms with Crippen LogP contribution in [0.4, 0.5) is 0 Å². The third-order valence-corrected chi connectivity index (χ3v) is 4.97. The second kappa shape index (κ2) is 10.3. The van der Waals surface area contributed by atoms with Gasteiger partial charge >= 0.3 is 0 Å². The maximum atomic E-state index is 12.8. The molecule has 0 radical (unpaired) electrons. The molecule has 0 aromatic heterocycles. The van der Waals surface area contributed by atoms with Crippen molar-refractivity contribution in [2.45, 2.75) is 32.2 Å². The summed E-state index contributed by atoms with van der Waals surface area (Å²) in [5.74, 6) is 1.78. The maximum absolute atomic E-state index is 12.8. The van der Waals surface area contributed by atoms with E-state index in [1.807, 2.05) is 29.4 Å². The SMILES string of the molecule is CSCC[C@@H](NC(=O)COc1ccccc1)C(=O)N1CCC[C@H](C)C1. The van der Waals surface area contributed by atoms with Gasteiger partial charge in [0.1, 0.15) is 11.8 Å². The van der Waals surface area contributed by atoms with Crippen LogP contribution in [-0.2, 0) is 9.59 Å². The Morgan fingerprint density at radius 1 is 1.36 bits per heavy atom. The van der Waals surface area contributed by atoms with Gasteiger partial charge in [-0.3, -0.25) is 9.59 Å². The summed E-state index contributed by atoms with van der Waals surface area (Å²) in [4.78, 5) is 26.9. The predicted octanol–water partition coefficient (Wildman–Crippen LogP) is 2.56. The van der Waals surface area contributed by atoms with Crippen LogP contribution in [0.1, 0.15) is 26.2 Å². The largest absolute Gasteiger partial charge is 0.484 e. The first-order valence-electron chi connectivity index (χ1n) is 8.85. The number of ether oxygens (including phenoxy) is 1. The van der Waals surface area contributed by atoms with E-state index >= 15 is 0 Å². The number of nitrogens with one attached hydrogen (secondary N) is 1. The zero-order chi connectivity index (χ0) is 18.1. The van der Waals surface area contributed by atoms with Crippen molar-refractivity contribution in [3.8, 4) is 5.75 Å². The first-order valence-corrected chi connectivity index (χ1v) is 10.2. The summed E-state index contributed by atoms with van der Waals surface area (Å²) in [6, 6.07) is 8.75. The number of hydrogen-bond donors (Lipinski definition) is 1. The van der Waals surface area contributed by atoms with Gasteiger partial charge in [0.15, 0.2) is 6.61 Å². The van der Waals surface area contributed by atoms with Gasteiger partial charge in [0.05, 0.1) is 0 Å². The third kappa shape index (κ3) is 6.61. The molecule has 138 valence electrons. The Morgan fingerprint density at radius 3 is 2.80 bits per heavy atom. The number of hydrogen-bond acceptors (Lipinski definition) is 4. The highest BCUT2D eigenvalue weighted by Gasteiger charge is 2.28. The minimum Gasteiger partial charge on any atom is -0.484 e. The smallest absolute Gasteiger partial charge is 0.258 e. The van der Waals surface area contributed by atoms with Crippen LogP contribution in [0.2, 0.25) is 0 Å². The van der Waals surface area contributed by atoms with Gasteiger partial charge in [-0.15, -0.1) is 0 Å². The summed E-state index contributed by atoms with van der Waals surface area (Å²) in [5, 5.41) is 2.87. The normalized spacial score (nSPS) is 18.5. The van der Waals surface area contributed by atoms with Crippen molar-refractivity contribution in [2.75, 3.05) is 31.7 Å². The van der Waals surface area contributed by atoms with Gasteiger partial charge < -0.3 is 15.0 Å². The van der Waals surface area contributed by atoms with Crippen molar-refractivity contribution in [3.05, 3.63) is 30.3 Å². The number of carbonyl (C=O) groups is 2. The fourth-order valence-electron chi connectivity index (χ4n) is 3.00. The topological polar surface area (TPSA) is 58.6 Å². The molecule has 0 saturated carbocycles. The Bertz CT molecular complexity index is 553. The van der Waals surface area contributed by atoms with E-state index in [1.165, 1.54) is 0 Å². The van der Waals surface area contributed by atoms with Gasteiger partial charge in [-0.1, -0.05) is 25.1 Å². The van der Waals surface area contributed by atoms with E-state index < -0.39 is 6.04 Å². The van der Waals surface area contributed by atoms with Crippen molar-refractivity contribution in [3.63, 3.8) is 0 Å². The van der Waals surface area contributed by atoms with Crippen molar-refractivity contribution in [1.82, 2.24) is 10.2 Å². The zero-order valence-electron chi connectivity index (χ0n) is 15.1. The Labute approximate surface area is 154 Å². The Kier molecular flexibility index (Phi) is 8.12. The third-order valence-electron chi connectivity index (χ3n) is 4.33. The summed E-state index contributed by atoms with van der Waals surface area (Å²) < 4.78 is 5.47. The van der Waals surface area contributed by atoms with Gasteiger partial charge in [-0.2, -0.15) is 11.8 Å². The van der Waals surface area contributed by atoms with E-state index in [4.69, 9.17) is 4.74 Å². The molecular weight excluding hydrogens is 336 g/mol. The summed E-state index contributed by atoms with van der Waals surface area (Å²) in [6.07, 6.45) is 4.84. The highest BCUT2D eigenvalue weighted by molar-refractivity contribution is 7.98. The number of nitrogens with zero attached hydrogens (tertiary/aromatic N) is 1. The molecule has 2 atom stereocenters. The zero-order valence-corrected chi connectivity index (χ0v) is 15.9. The van der Waals surface area contributed by atoms with Crippen molar-refractivity contribution in [2.24, 2.45) is 5.92 Å². The lowest BCUT2D eigenvalue weighted by molar-refractivity contribution is -0.138. The quantitative estimate of drug-likeness (QED) is 0.770. The van der Waals surface area contributed by atoms with Crippen molar-refractivity contribution in [1.29, 1.82) is 0 Å². The highest BCUT2D eigenvalue weighted by atomic mass is 32.2. The molecule has 0 unspecified atom stereocenters. The minimum atomic E-state index is -0.468. The first kappa shape index (κ1) is 19.6. The molecule has 5 nitrogen and oxygen atoms in total. The molecule has 1 N–H and O–H groups in total. The van der Waals surface area contributed by atoms with E-state index in [9.17, 15) is 9.59 Å². The minimum absolute atomic E-state index is 0.0358. The van der Waals surface area contributed by atoms with Crippen LogP contribution in [0.15, 0.2) is 30.3 Å². The Morgan fingerprint density at radius 2 is 2.12 bits per heavy atom. The molecule has 1 aromatic carbocycles. The fraction of sp³-hybridized carbons (Fsp3) is 0.579. The summed E-state index contributed by atoms with van der Waals surface area (Å²) in [6.45, 7) is 3.66. The van der Waals surface area contributed by atoms with Crippen molar-refractivity contribution < 1.29 is 14.3 Å².